The lowest BCUT2D eigenvalue weighted by atomic mass is 10.1. The van der Waals surface area contributed by atoms with E-state index in [1.165, 1.54) is 103 Å². The van der Waals surface area contributed by atoms with E-state index in [2.05, 4.69) is 25.7 Å². The van der Waals surface area contributed by atoms with Crippen LogP contribution in [0.25, 0.3) is 0 Å². The van der Waals surface area contributed by atoms with E-state index in [0.717, 1.165) is 6.54 Å². The molecule has 0 aliphatic carbocycles. The maximum Gasteiger partial charge on any atom is -0.00183 e. The van der Waals surface area contributed by atoms with E-state index in [1.807, 2.05) is 0 Å². The van der Waals surface area contributed by atoms with Crippen LogP contribution in [-0.4, -0.2) is 24.5 Å². The van der Waals surface area contributed by atoms with Gasteiger partial charge in [0.25, 0.3) is 0 Å². The first-order chi connectivity index (χ1) is 10.3. The van der Waals surface area contributed by atoms with Gasteiger partial charge in [-0.25, -0.2) is 0 Å². The van der Waals surface area contributed by atoms with Crippen molar-refractivity contribution in [1.29, 1.82) is 0 Å². The lowest BCUT2D eigenvalue weighted by molar-refractivity contribution is 0.285. The van der Waals surface area contributed by atoms with Gasteiger partial charge in [0.1, 0.15) is 0 Å². The van der Waals surface area contributed by atoms with Crippen LogP contribution in [-0.2, 0) is 0 Å². The van der Waals surface area contributed by atoms with Crippen molar-refractivity contribution in [1.82, 2.24) is 4.90 Å². The summed E-state index contributed by atoms with van der Waals surface area (Å²) in [6.07, 6.45) is 19.7. The Kier molecular flexibility index (Phi) is 18.0. The standard InChI is InChI=1S/C20H42N/c1-4-7-9-11-13-15-17-19-21(6-3)20-18-16-14-12-10-8-5-2/h3-20H2,1-2H3. The van der Waals surface area contributed by atoms with Crippen LogP contribution < -0.4 is 0 Å². The predicted octanol–water partition coefficient (Wildman–Crippen LogP) is 6.62. The maximum atomic E-state index is 4.09. The highest BCUT2D eigenvalue weighted by Crippen LogP contribution is 2.09. The molecule has 0 aliphatic rings. The molecule has 0 saturated carbocycles. The van der Waals surface area contributed by atoms with Crippen LogP contribution >= 0.6 is 0 Å². The van der Waals surface area contributed by atoms with Crippen LogP contribution in [0.1, 0.15) is 104 Å². The fourth-order valence-electron chi connectivity index (χ4n) is 2.92. The third kappa shape index (κ3) is 16.2. The molecule has 0 saturated heterocycles. The van der Waals surface area contributed by atoms with Gasteiger partial charge in [0, 0.05) is 0 Å². The first-order valence-electron chi connectivity index (χ1n) is 9.86. The molecule has 0 atom stereocenters. The molecule has 0 amide bonds. The van der Waals surface area contributed by atoms with Crippen LogP contribution in [0.2, 0.25) is 0 Å². The summed E-state index contributed by atoms with van der Waals surface area (Å²) in [6, 6.07) is 0. The van der Waals surface area contributed by atoms with Gasteiger partial charge in [0.05, 0.1) is 0 Å². The van der Waals surface area contributed by atoms with Gasteiger partial charge >= 0.3 is 0 Å². The quantitative estimate of drug-likeness (QED) is 0.272. The second kappa shape index (κ2) is 18.0. The maximum absolute atomic E-state index is 4.09. The predicted molar refractivity (Wildman–Crippen MR) is 97.8 cm³/mol. The number of hydrogen-bond donors (Lipinski definition) is 0. The Morgan fingerprint density at radius 3 is 1.19 bits per heavy atom. The van der Waals surface area contributed by atoms with Crippen LogP contribution in [0.4, 0.5) is 0 Å². The molecule has 127 valence electrons. The Balaban J connectivity index is 3.29. The Bertz CT molecular complexity index is 161. The van der Waals surface area contributed by atoms with E-state index in [9.17, 15) is 0 Å². The summed E-state index contributed by atoms with van der Waals surface area (Å²) < 4.78 is 0. The smallest absolute Gasteiger partial charge is 0.00183 e. The second-order valence-electron chi connectivity index (χ2n) is 6.58. The minimum Gasteiger partial charge on any atom is -0.303 e. The molecule has 0 aromatic carbocycles. The van der Waals surface area contributed by atoms with Crippen molar-refractivity contribution in [2.24, 2.45) is 0 Å². The zero-order valence-corrected chi connectivity index (χ0v) is 15.2. The first-order valence-corrected chi connectivity index (χ1v) is 9.86. The zero-order valence-electron chi connectivity index (χ0n) is 15.2. The number of nitrogens with zero attached hydrogens (tertiary/aromatic N) is 1. The van der Waals surface area contributed by atoms with E-state index in [4.69, 9.17) is 0 Å². The minimum atomic E-state index is 0.992. The normalized spacial score (nSPS) is 11.4. The van der Waals surface area contributed by atoms with Gasteiger partial charge in [-0.05, 0) is 39.4 Å². The molecule has 0 N–H and O–H groups in total. The van der Waals surface area contributed by atoms with Crippen LogP contribution in [0, 0.1) is 6.92 Å². The van der Waals surface area contributed by atoms with Gasteiger partial charge in [-0.15, -0.1) is 0 Å². The van der Waals surface area contributed by atoms with Crippen molar-refractivity contribution in [2.75, 3.05) is 19.6 Å². The molecule has 1 heteroatoms. The van der Waals surface area contributed by atoms with Crippen molar-refractivity contribution in [2.45, 2.75) is 104 Å². The first kappa shape index (κ1) is 21.0. The molecule has 0 aromatic rings. The van der Waals surface area contributed by atoms with Gasteiger partial charge in [-0.3, -0.25) is 0 Å². The summed E-state index contributed by atoms with van der Waals surface area (Å²) in [4.78, 5) is 2.55. The molecule has 0 aromatic heterocycles. The molecular weight excluding hydrogens is 254 g/mol. The van der Waals surface area contributed by atoms with E-state index < -0.39 is 0 Å². The SMILES string of the molecule is [CH2]CN(CCCCCCCCC)CCCCCCCCC. The molecule has 0 unspecified atom stereocenters. The minimum absolute atomic E-state index is 0.992. The van der Waals surface area contributed by atoms with Crippen LogP contribution in [0.3, 0.4) is 0 Å². The van der Waals surface area contributed by atoms with Crippen molar-refractivity contribution in [3.05, 3.63) is 6.92 Å². The molecule has 0 heterocycles. The average molecular weight is 297 g/mol. The lowest BCUT2D eigenvalue weighted by Crippen LogP contribution is -2.25. The Morgan fingerprint density at radius 1 is 0.524 bits per heavy atom. The Morgan fingerprint density at radius 2 is 0.857 bits per heavy atom. The summed E-state index contributed by atoms with van der Waals surface area (Å²) in [7, 11) is 0. The van der Waals surface area contributed by atoms with E-state index >= 15 is 0 Å². The molecule has 0 aliphatic heterocycles. The highest BCUT2D eigenvalue weighted by Gasteiger charge is 2.01. The zero-order chi connectivity index (χ0) is 15.6. The molecule has 21 heavy (non-hydrogen) atoms. The second-order valence-corrected chi connectivity index (χ2v) is 6.58. The lowest BCUT2D eigenvalue weighted by Gasteiger charge is -2.20. The Labute approximate surface area is 135 Å². The number of rotatable bonds is 17. The molecule has 0 bridgehead atoms. The summed E-state index contributed by atoms with van der Waals surface area (Å²) in [5, 5.41) is 0. The molecular formula is C20H42N. The van der Waals surface area contributed by atoms with Gasteiger partial charge in [-0.1, -0.05) is 90.9 Å². The van der Waals surface area contributed by atoms with Crippen LogP contribution in [0.15, 0.2) is 0 Å². The summed E-state index contributed by atoms with van der Waals surface area (Å²) in [6.45, 7) is 12.2. The fraction of sp³-hybridized carbons (Fsp3) is 0.950. The van der Waals surface area contributed by atoms with Crippen molar-refractivity contribution in [3.8, 4) is 0 Å². The summed E-state index contributed by atoms with van der Waals surface area (Å²) in [5.41, 5.74) is 0. The van der Waals surface area contributed by atoms with E-state index in [0.29, 0.717) is 0 Å². The van der Waals surface area contributed by atoms with E-state index in [1.54, 1.807) is 0 Å². The van der Waals surface area contributed by atoms with Gasteiger partial charge in [0.15, 0.2) is 0 Å². The molecule has 1 nitrogen and oxygen atoms in total. The van der Waals surface area contributed by atoms with Crippen molar-refractivity contribution >= 4 is 0 Å². The summed E-state index contributed by atoms with van der Waals surface area (Å²) >= 11 is 0. The Hall–Kier alpha value is -0.0400. The van der Waals surface area contributed by atoms with Crippen LogP contribution in [0.5, 0.6) is 0 Å². The number of hydrogen-bond acceptors (Lipinski definition) is 1. The fourth-order valence-corrected chi connectivity index (χ4v) is 2.92. The number of unbranched alkanes of at least 4 members (excludes halogenated alkanes) is 12. The molecule has 0 rings (SSSR count). The highest BCUT2D eigenvalue weighted by atomic mass is 15.1. The molecule has 0 fully saturated rings. The average Bonchev–Trinajstić information content (AvgIpc) is 2.51. The van der Waals surface area contributed by atoms with Gasteiger partial charge in [0.2, 0.25) is 0 Å². The third-order valence-electron chi connectivity index (χ3n) is 4.47. The summed E-state index contributed by atoms with van der Waals surface area (Å²) in [5.74, 6) is 0. The largest absolute Gasteiger partial charge is 0.303 e. The molecule has 0 spiro atoms. The topological polar surface area (TPSA) is 3.24 Å². The highest BCUT2D eigenvalue weighted by molar-refractivity contribution is 4.60. The molecule has 1 radical (unpaired) electrons. The van der Waals surface area contributed by atoms with Gasteiger partial charge < -0.3 is 4.90 Å². The van der Waals surface area contributed by atoms with E-state index in [-0.39, 0.29) is 0 Å². The van der Waals surface area contributed by atoms with Crippen molar-refractivity contribution in [3.63, 3.8) is 0 Å². The monoisotopic (exact) mass is 296 g/mol. The van der Waals surface area contributed by atoms with Gasteiger partial charge in [-0.2, -0.15) is 0 Å². The van der Waals surface area contributed by atoms with Crippen molar-refractivity contribution < 1.29 is 0 Å². The third-order valence-corrected chi connectivity index (χ3v) is 4.47.